The van der Waals surface area contributed by atoms with E-state index in [4.69, 9.17) is 16.3 Å². The van der Waals surface area contributed by atoms with Crippen molar-refractivity contribution in [3.05, 3.63) is 77.1 Å². The summed E-state index contributed by atoms with van der Waals surface area (Å²) in [5, 5.41) is 2.20. The van der Waals surface area contributed by atoms with Gasteiger partial charge in [0.05, 0.1) is 10.7 Å². The fourth-order valence-electron chi connectivity index (χ4n) is 2.22. The van der Waals surface area contributed by atoms with Gasteiger partial charge in [-0.25, -0.2) is 14.4 Å². The van der Waals surface area contributed by atoms with Crippen LogP contribution in [0.2, 0.25) is 5.02 Å². The topological polar surface area (TPSA) is 64.1 Å². The van der Waals surface area contributed by atoms with E-state index in [1.54, 1.807) is 6.07 Å². The average Bonchev–Trinajstić information content (AvgIpc) is 2.65. The van der Waals surface area contributed by atoms with Gasteiger partial charge in [0.2, 0.25) is 0 Å². The first-order valence-corrected chi connectivity index (χ1v) is 8.05. The van der Waals surface area contributed by atoms with Crippen molar-refractivity contribution in [1.29, 1.82) is 0 Å². The summed E-state index contributed by atoms with van der Waals surface area (Å²) in [6, 6.07) is 9.67. The smallest absolute Gasteiger partial charge is 0.435 e. The lowest BCUT2D eigenvalue weighted by molar-refractivity contribution is -0.141. The van der Waals surface area contributed by atoms with E-state index in [1.807, 2.05) is 0 Å². The van der Waals surface area contributed by atoms with Crippen LogP contribution in [0.4, 0.5) is 23.2 Å². The number of benzene rings is 2. The molecule has 5 nitrogen and oxygen atoms in total. The van der Waals surface area contributed by atoms with Crippen LogP contribution in [0.25, 0.3) is 0 Å². The van der Waals surface area contributed by atoms with E-state index < -0.39 is 29.3 Å². The van der Waals surface area contributed by atoms with E-state index in [0.717, 1.165) is 18.5 Å². The highest BCUT2D eigenvalue weighted by atomic mass is 35.5. The van der Waals surface area contributed by atoms with E-state index in [9.17, 15) is 22.4 Å². The van der Waals surface area contributed by atoms with Crippen molar-refractivity contribution in [2.24, 2.45) is 0 Å². The van der Waals surface area contributed by atoms with Crippen LogP contribution in [0.3, 0.4) is 0 Å². The van der Waals surface area contributed by atoms with Crippen molar-refractivity contribution in [2.45, 2.75) is 6.18 Å². The number of anilines is 1. The summed E-state index contributed by atoms with van der Waals surface area (Å²) in [5.74, 6) is -1.68. The zero-order valence-electron chi connectivity index (χ0n) is 13.8. The molecule has 0 saturated heterocycles. The predicted octanol–water partition coefficient (Wildman–Crippen LogP) is 5.33. The third-order valence-electron chi connectivity index (χ3n) is 3.44. The van der Waals surface area contributed by atoms with E-state index in [-0.39, 0.29) is 22.2 Å². The van der Waals surface area contributed by atoms with Crippen LogP contribution in [0.5, 0.6) is 11.5 Å². The van der Waals surface area contributed by atoms with Crippen LogP contribution in [0.1, 0.15) is 16.2 Å². The third-order valence-corrected chi connectivity index (χ3v) is 3.74. The number of hydrogen-bond acceptors (Lipinski definition) is 4. The Balaban J connectivity index is 1.88. The molecule has 2 aromatic carbocycles. The minimum absolute atomic E-state index is 0.0571. The molecule has 0 unspecified atom stereocenters. The number of alkyl halides is 3. The number of hydrogen-bond donors (Lipinski definition) is 1. The standard InChI is InChI=1S/C18H10ClF4N3O2/c19-11-6-5-10(9-12(11)20)28-14-4-2-1-3-13(14)26-17(27)15-16(18(21,22)23)25-8-7-24-15/h1-9H,(H,26,27). The summed E-state index contributed by atoms with van der Waals surface area (Å²) in [6.07, 6.45) is -3.04. The Kier molecular flexibility index (Phi) is 5.46. The molecular weight excluding hydrogens is 402 g/mol. The molecule has 0 fully saturated rings. The van der Waals surface area contributed by atoms with Gasteiger partial charge in [-0.05, 0) is 24.3 Å². The Morgan fingerprint density at radius 1 is 1.07 bits per heavy atom. The van der Waals surface area contributed by atoms with E-state index in [1.165, 1.54) is 30.3 Å². The number of nitrogens with one attached hydrogen (secondary N) is 1. The van der Waals surface area contributed by atoms with Gasteiger partial charge in [-0.15, -0.1) is 0 Å². The molecular formula is C18H10ClF4N3O2. The number of amides is 1. The number of carbonyl (C=O) groups is 1. The lowest BCUT2D eigenvalue weighted by atomic mass is 10.2. The number of halogens is 5. The van der Waals surface area contributed by atoms with Crippen LogP contribution in [-0.4, -0.2) is 15.9 Å². The van der Waals surface area contributed by atoms with Crippen molar-refractivity contribution in [3.8, 4) is 11.5 Å². The van der Waals surface area contributed by atoms with Gasteiger partial charge in [-0.1, -0.05) is 23.7 Å². The van der Waals surface area contributed by atoms with Crippen molar-refractivity contribution >= 4 is 23.2 Å². The first kappa shape index (κ1) is 19.6. The van der Waals surface area contributed by atoms with Gasteiger partial charge in [0.15, 0.2) is 17.1 Å². The second-order valence-electron chi connectivity index (χ2n) is 5.38. The van der Waals surface area contributed by atoms with Gasteiger partial charge in [-0.3, -0.25) is 4.79 Å². The zero-order valence-corrected chi connectivity index (χ0v) is 14.6. The average molecular weight is 412 g/mol. The fraction of sp³-hybridized carbons (Fsp3) is 0.0556. The number of nitrogens with zero attached hydrogens (tertiary/aromatic N) is 2. The maximum Gasteiger partial charge on any atom is 0.435 e. The Morgan fingerprint density at radius 3 is 2.50 bits per heavy atom. The van der Waals surface area contributed by atoms with Crippen LogP contribution < -0.4 is 10.1 Å². The van der Waals surface area contributed by atoms with Crippen molar-refractivity contribution in [2.75, 3.05) is 5.32 Å². The fourth-order valence-corrected chi connectivity index (χ4v) is 2.34. The van der Waals surface area contributed by atoms with Crippen LogP contribution in [0.15, 0.2) is 54.9 Å². The molecule has 0 bridgehead atoms. The predicted molar refractivity (Wildman–Crippen MR) is 92.9 cm³/mol. The summed E-state index contributed by atoms with van der Waals surface area (Å²) in [6.45, 7) is 0. The second-order valence-corrected chi connectivity index (χ2v) is 5.79. The maximum atomic E-state index is 13.6. The molecule has 28 heavy (non-hydrogen) atoms. The van der Waals surface area contributed by atoms with Gasteiger partial charge >= 0.3 is 6.18 Å². The minimum Gasteiger partial charge on any atom is -0.455 e. The van der Waals surface area contributed by atoms with Gasteiger partial charge < -0.3 is 10.1 Å². The van der Waals surface area contributed by atoms with Crippen LogP contribution in [-0.2, 0) is 6.18 Å². The number of carbonyl (C=O) groups excluding carboxylic acids is 1. The normalized spacial score (nSPS) is 11.2. The largest absolute Gasteiger partial charge is 0.455 e. The Morgan fingerprint density at radius 2 is 1.79 bits per heavy atom. The molecule has 0 radical (unpaired) electrons. The third kappa shape index (κ3) is 4.37. The van der Waals surface area contributed by atoms with E-state index in [2.05, 4.69) is 15.3 Å². The molecule has 0 atom stereocenters. The molecule has 3 aromatic rings. The Hall–Kier alpha value is -3.20. The molecule has 0 aliphatic carbocycles. The summed E-state index contributed by atoms with van der Waals surface area (Å²) in [4.78, 5) is 19.0. The second kappa shape index (κ2) is 7.81. The number of rotatable bonds is 4. The highest BCUT2D eigenvalue weighted by molar-refractivity contribution is 6.30. The van der Waals surface area contributed by atoms with E-state index in [0.29, 0.717) is 0 Å². The zero-order chi connectivity index (χ0) is 20.3. The van der Waals surface area contributed by atoms with Crippen LogP contribution >= 0.6 is 11.6 Å². The summed E-state index contributed by atoms with van der Waals surface area (Å²) < 4.78 is 58.2. The molecule has 0 spiro atoms. The highest BCUT2D eigenvalue weighted by Crippen LogP contribution is 2.33. The van der Waals surface area contributed by atoms with Crippen molar-refractivity contribution in [1.82, 2.24) is 9.97 Å². The molecule has 1 amide bonds. The first-order chi connectivity index (χ1) is 13.3. The molecule has 1 N–H and O–H groups in total. The number of aromatic nitrogens is 2. The quantitative estimate of drug-likeness (QED) is 0.589. The van der Waals surface area contributed by atoms with Gasteiger partial charge in [0.1, 0.15) is 11.6 Å². The molecule has 0 aliphatic rings. The molecule has 144 valence electrons. The van der Waals surface area contributed by atoms with Gasteiger partial charge in [0, 0.05) is 18.5 Å². The van der Waals surface area contributed by atoms with E-state index >= 15 is 0 Å². The Labute approximate surface area is 161 Å². The molecule has 1 heterocycles. The lowest BCUT2D eigenvalue weighted by Gasteiger charge is -2.14. The summed E-state index contributed by atoms with van der Waals surface area (Å²) in [7, 11) is 0. The van der Waals surface area contributed by atoms with Crippen molar-refractivity contribution in [3.63, 3.8) is 0 Å². The highest BCUT2D eigenvalue weighted by Gasteiger charge is 2.38. The molecule has 3 rings (SSSR count). The van der Waals surface area contributed by atoms with Gasteiger partial charge in [-0.2, -0.15) is 13.2 Å². The monoisotopic (exact) mass is 411 g/mol. The van der Waals surface area contributed by atoms with Gasteiger partial charge in [0.25, 0.3) is 5.91 Å². The Bertz CT molecular complexity index is 1030. The molecule has 0 aliphatic heterocycles. The molecule has 10 heteroatoms. The molecule has 0 saturated carbocycles. The summed E-state index contributed by atoms with van der Waals surface area (Å²) >= 11 is 5.61. The van der Waals surface area contributed by atoms with Crippen molar-refractivity contribution < 1.29 is 27.1 Å². The maximum absolute atomic E-state index is 13.6. The summed E-state index contributed by atoms with van der Waals surface area (Å²) in [5.41, 5.74) is -2.24. The first-order valence-electron chi connectivity index (χ1n) is 7.67. The lowest BCUT2D eigenvalue weighted by Crippen LogP contribution is -2.22. The molecule has 1 aromatic heterocycles. The van der Waals surface area contributed by atoms with Crippen LogP contribution in [0, 0.1) is 5.82 Å². The number of para-hydroxylation sites is 2. The number of ether oxygens (including phenoxy) is 1. The SMILES string of the molecule is O=C(Nc1ccccc1Oc1ccc(Cl)c(F)c1)c1nccnc1C(F)(F)F. The minimum atomic E-state index is -4.85.